The monoisotopic (exact) mass is 288 g/mol. The Morgan fingerprint density at radius 2 is 2.11 bits per heavy atom. The number of hydrogen-bond acceptors (Lipinski definition) is 3. The standard InChI is InChI=1S/C13H17FN2O2.ClH/c14-11-6-12(8-15-7-11)16-13(17)18-9-10-4-2-1-3-5-10;/h1-5,11-12,15H,6-9H2,(H,16,17);1H/t11-,12+;/m1./s1. The Labute approximate surface area is 118 Å². The maximum Gasteiger partial charge on any atom is 0.407 e. The van der Waals surface area contributed by atoms with Gasteiger partial charge < -0.3 is 15.4 Å². The van der Waals surface area contributed by atoms with Gasteiger partial charge in [0.15, 0.2) is 0 Å². The first kappa shape index (κ1) is 15.7. The highest BCUT2D eigenvalue weighted by Crippen LogP contribution is 2.07. The van der Waals surface area contributed by atoms with Gasteiger partial charge in [-0.1, -0.05) is 30.3 Å². The van der Waals surface area contributed by atoms with Crippen LogP contribution in [0.3, 0.4) is 0 Å². The summed E-state index contributed by atoms with van der Waals surface area (Å²) in [6.45, 7) is 1.17. The van der Waals surface area contributed by atoms with E-state index in [9.17, 15) is 9.18 Å². The van der Waals surface area contributed by atoms with Crippen molar-refractivity contribution >= 4 is 18.5 Å². The van der Waals surface area contributed by atoms with Gasteiger partial charge in [0.2, 0.25) is 0 Å². The average Bonchev–Trinajstić information content (AvgIpc) is 2.38. The molecule has 19 heavy (non-hydrogen) atoms. The van der Waals surface area contributed by atoms with E-state index in [1.165, 1.54) is 0 Å². The lowest BCUT2D eigenvalue weighted by Gasteiger charge is -2.26. The highest BCUT2D eigenvalue weighted by molar-refractivity contribution is 5.85. The predicted octanol–water partition coefficient (Wildman–Crippen LogP) is 2.03. The minimum Gasteiger partial charge on any atom is -0.445 e. The van der Waals surface area contributed by atoms with Gasteiger partial charge in [-0.25, -0.2) is 9.18 Å². The maximum absolute atomic E-state index is 13.1. The number of alkyl halides is 1. The molecule has 6 heteroatoms. The van der Waals surface area contributed by atoms with Crippen LogP contribution in [0.15, 0.2) is 30.3 Å². The molecule has 0 saturated carbocycles. The number of piperidine rings is 1. The Balaban J connectivity index is 0.00000180. The number of carbonyl (C=O) groups excluding carboxylic acids is 1. The zero-order valence-corrected chi connectivity index (χ0v) is 11.3. The number of alkyl carbamates (subject to hydrolysis) is 1. The Bertz CT molecular complexity index is 391. The van der Waals surface area contributed by atoms with Gasteiger partial charge >= 0.3 is 6.09 Å². The van der Waals surface area contributed by atoms with E-state index in [-0.39, 0.29) is 25.1 Å². The molecule has 0 radical (unpaired) electrons. The molecular weight excluding hydrogens is 271 g/mol. The van der Waals surface area contributed by atoms with Gasteiger partial charge in [-0.05, 0) is 5.56 Å². The van der Waals surface area contributed by atoms with Crippen molar-refractivity contribution < 1.29 is 13.9 Å². The van der Waals surface area contributed by atoms with E-state index >= 15 is 0 Å². The molecule has 1 fully saturated rings. The molecule has 0 aromatic heterocycles. The van der Waals surface area contributed by atoms with Crippen LogP contribution >= 0.6 is 12.4 Å². The number of halogens is 2. The van der Waals surface area contributed by atoms with Gasteiger partial charge in [0.25, 0.3) is 0 Å². The summed E-state index contributed by atoms with van der Waals surface area (Å²) >= 11 is 0. The van der Waals surface area contributed by atoms with Gasteiger partial charge in [0.1, 0.15) is 12.8 Å². The van der Waals surface area contributed by atoms with Crippen LogP contribution in [0.5, 0.6) is 0 Å². The first-order valence-electron chi connectivity index (χ1n) is 6.06. The maximum atomic E-state index is 13.1. The molecule has 1 aromatic carbocycles. The Morgan fingerprint density at radius 1 is 1.37 bits per heavy atom. The molecule has 106 valence electrons. The normalized spacial score (nSPS) is 22.2. The highest BCUT2D eigenvalue weighted by atomic mass is 35.5. The van der Waals surface area contributed by atoms with Crippen molar-refractivity contribution in [1.29, 1.82) is 0 Å². The lowest BCUT2D eigenvalue weighted by Crippen LogP contribution is -2.49. The molecule has 0 spiro atoms. The summed E-state index contributed by atoms with van der Waals surface area (Å²) in [6.07, 6.45) is -1.06. The molecule has 1 amide bonds. The molecule has 1 aliphatic rings. The lowest BCUT2D eigenvalue weighted by molar-refractivity contribution is 0.129. The van der Waals surface area contributed by atoms with Gasteiger partial charge in [-0.2, -0.15) is 0 Å². The molecule has 0 aliphatic carbocycles. The molecule has 0 unspecified atom stereocenters. The summed E-state index contributed by atoms with van der Waals surface area (Å²) in [5.74, 6) is 0. The summed E-state index contributed by atoms with van der Waals surface area (Å²) in [7, 11) is 0. The first-order valence-corrected chi connectivity index (χ1v) is 6.06. The molecule has 0 bridgehead atoms. The minimum absolute atomic E-state index is 0. The predicted molar refractivity (Wildman–Crippen MR) is 73.2 cm³/mol. The van der Waals surface area contributed by atoms with E-state index in [4.69, 9.17) is 4.74 Å². The Hall–Kier alpha value is -1.33. The number of ether oxygens (including phenoxy) is 1. The quantitative estimate of drug-likeness (QED) is 0.895. The summed E-state index contributed by atoms with van der Waals surface area (Å²) in [5.41, 5.74) is 0.929. The second-order valence-corrected chi connectivity index (χ2v) is 4.39. The van der Waals surface area contributed by atoms with Crippen molar-refractivity contribution in [2.75, 3.05) is 13.1 Å². The second kappa shape index (κ2) is 7.96. The number of benzene rings is 1. The van der Waals surface area contributed by atoms with E-state index in [2.05, 4.69) is 10.6 Å². The van der Waals surface area contributed by atoms with E-state index in [1.807, 2.05) is 30.3 Å². The molecule has 4 nitrogen and oxygen atoms in total. The molecular formula is C13H18ClFN2O2. The third-order valence-corrected chi connectivity index (χ3v) is 2.83. The molecule has 2 atom stereocenters. The number of amides is 1. The van der Waals surface area contributed by atoms with E-state index in [0.29, 0.717) is 19.5 Å². The summed E-state index contributed by atoms with van der Waals surface area (Å²) in [5, 5.41) is 5.57. The largest absolute Gasteiger partial charge is 0.445 e. The van der Waals surface area contributed by atoms with Gasteiger partial charge in [0, 0.05) is 25.6 Å². The second-order valence-electron chi connectivity index (χ2n) is 4.39. The molecule has 2 N–H and O–H groups in total. The molecule has 1 aliphatic heterocycles. The fourth-order valence-electron chi connectivity index (χ4n) is 1.93. The van der Waals surface area contributed by atoms with Crippen LogP contribution in [0.2, 0.25) is 0 Å². The van der Waals surface area contributed by atoms with E-state index in [1.54, 1.807) is 0 Å². The number of nitrogens with one attached hydrogen (secondary N) is 2. The number of hydrogen-bond donors (Lipinski definition) is 2. The average molecular weight is 289 g/mol. The van der Waals surface area contributed by atoms with Crippen molar-refractivity contribution in [2.24, 2.45) is 0 Å². The summed E-state index contributed by atoms with van der Waals surface area (Å²) < 4.78 is 18.1. The van der Waals surface area contributed by atoms with Crippen molar-refractivity contribution in [3.63, 3.8) is 0 Å². The highest BCUT2D eigenvalue weighted by Gasteiger charge is 2.22. The van der Waals surface area contributed by atoms with Crippen molar-refractivity contribution in [3.8, 4) is 0 Å². The molecule has 1 heterocycles. The van der Waals surface area contributed by atoms with Crippen LogP contribution in [0.25, 0.3) is 0 Å². The Morgan fingerprint density at radius 3 is 2.79 bits per heavy atom. The minimum atomic E-state index is -0.904. The van der Waals surface area contributed by atoms with Crippen molar-refractivity contribution in [3.05, 3.63) is 35.9 Å². The van der Waals surface area contributed by atoms with Gasteiger partial charge in [-0.15, -0.1) is 12.4 Å². The zero-order chi connectivity index (χ0) is 12.8. The number of rotatable bonds is 3. The third-order valence-electron chi connectivity index (χ3n) is 2.83. The third kappa shape index (κ3) is 5.44. The first-order chi connectivity index (χ1) is 8.74. The van der Waals surface area contributed by atoms with Crippen LogP contribution in [0.1, 0.15) is 12.0 Å². The van der Waals surface area contributed by atoms with Gasteiger partial charge in [-0.3, -0.25) is 0 Å². The van der Waals surface area contributed by atoms with Crippen LogP contribution in [0, 0.1) is 0 Å². The topological polar surface area (TPSA) is 50.4 Å². The lowest BCUT2D eigenvalue weighted by atomic mass is 10.1. The van der Waals surface area contributed by atoms with Crippen molar-refractivity contribution in [1.82, 2.24) is 10.6 Å². The number of carbonyl (C=O) groups is 1. The van der Waals surface area contributed by atoms with Gasteiger partial charge in [0.05, 0.1) is 0 Å². The van der Waals surface area contributed by atoms with E-state index in [0.717, 1.165) is 5.56 Å². The summed E-state index contributed by atoms with van der Waals surface area (Å²) in [4.78, 5) is 11.5. The fraction of sp³-hybridized carbons (Fsp3) is 0.462. The zero-order valence-electron chi connectivity index (χ0n) is 10.5. The fourth-order valence-corrected chi connectivity index (χ4v) is 1.93. The smallest absolute Gasteiger partial charge is 0.407 e. The van der Waals surface area contributed by atoms with Crippen LogP contribution < -0.4 is 10.6 Å². The van der Waals surface area contributed by atoms with Crippen LogP contribution in [0.4, 0.5) is 9.18 Å². The molecule has 1 aromatic rings. The molecule has 1 saturated heterocycles. The van der Waals surface area contributed by atoms with Crippen molar-refractivity contribution in [2.45, 2.75) is 25.2 Å². The van der Waals surface area contributed by atoms with Crippen LogP contribution in [-0.4, -0.2) is 31.4 Å². The van der Waals surface area contributed by atoms with Crippen LogP contribution in [-0.2, 0) is 11.3 Å². The summed E-state index contributed by atoms with van der Waals surface area (Å²) in [6, 6.07) is 9.24. The molecule has 2 rings (SSSR count). The van der Waals surface area contributed by atoms with E-state index < -0.39 is 12.3 Å². The SMILES string of the molecule is Cl.O=C(N[C@@H]1CNC[C@H](F)C1)OCc1ccccc1. The Kier molecular flexibility index (Phi) is 6.59.